The van der Waals surface area contributed by atoms with Crippen molar-refractivity contribution in [1.29, 1.82) is 0 Å². The van der Waals surface area contributed by atoms with Crippen LogP contribution in [0.3, 0.4) is 0 Å². The van der Waals surface area contributed by atoms with Crippen LogP contribution in [0.25, 0.3) is 0 Å². The van der Waals surface area contributed by atoms with E-state index in [2.05, 4.69) is 112 Å². The summed E-state index contributed by atoms with van der Waals surface area (Å²) in [6.45, 7) is 5.59. The van der Waals surface area contributed by atoms with Crippen LogP contribution in [-0.4, -0.2) is 89.2 Å². The van der Waals surface area contributed by atoms with Gasteiger partial charge in [0.15, 0.2) is 24.6 Å². The van der Waals surface area contributed by atoms with Gasteiger partial charge in [0.1, 0.15) is 18.8 Å². The molecule has 6 atom stereocenters. The van der Waals surface area contributed by atoms with Crippen molar-refractivity contribution >= 4 is 23.9 Å². The summed E-state index contributed by atoms with van der Waals surface area (Å²) in [5.74, 6) is -3.32. The monoisotopic (exact) mass is 965 g/mol. The van der Waals surface area contributed by atoms with Gasteiger partial charge in [-0.15, -0.1) is 0 Å². The number of rotatable bonds is 41. The highest BCUT2D eigenvalue weighted by Crippen LogP contribution is 2.26. The summed E-state index contributed by atoms with van der Waals surface area (Å²) in [5.41, 5.74) is 0. The van der Waals surface area contributed by atoms with Crippen LogP contribution < -0.4 is 0 Å². The zero-order valence-electron chi connectivity index (χ0n) is 42.3. The van der Waals surface area contributed by atoms with Gasteiger partial charge in [0.05, 0.1) is 6.61 Å². The Balaban J connectivity index is 2.81. The van der Waals surface area contributed by atoms with Crippen molar-refractivity contribution in [2.75, 3.05) is 13.2 Å². The van der Waals surface area contributed by atoms with Gasteiger partial charge in [-0.3, -0.25) is 14.4 Å². The molecule has 0 saturated carbocycles. The molecule has 0 amide bonds. The highest BCUT2D eigenvalue weighted by molar-refractivity contribution is 5.74. The molecular weight excluding hydrogens is 877 g/mol. The first-order valence-electron chi connectivity index (χ1n) is 25.9. The van der Waals surface area contributed by atoms with Crippen LogP contribution in [0.1, 0.15) is 175 Å². The standard InChI is InChI=1S/C57H88O12/c1-4-7-10-13-16-19-22-24-25-27-29-31-34-37-40-43-49(58)65-46-48(67-50(59)44-41-38-35-32-28-21-18-15-12-9-6-3)47-66-57-55(53(62)52(61)54(69-57)56(63)64)68-51(60)45-42-39-36-33-30-26-23-20-17-14-11-8-5-2/h7-8,10-11,15-20,24-26,29-31,36,39,48,52-55,57,61-62H,4-6,9,12-14,21-23,27-28,32-35,37-38,40-47H2,1-3H3,(H,63,64)/b10-7-,11-8-,18-15-,19-16-,20-17-,25-24-,30-26-,31-29-,39-36-. The molecule has 69 heavy (non-hydrogen) atoms. The molecule has 1 aliphatic rings. The van der Waals surface area contributed by atoms with Crippen molar-refractivity contribution in [1.82, 2.24) is 0 Å². The molecule has 6 unspecified atom stereocenters. The van der Waals surface area contributed by atoms with Crippen LogP contribution in [0.5, 0.6) is 0 Å². The van der Waals surface area contributed by atoms with E-state index in [1.165, 1.54) is 12.8 Å². The van der Waals surface area contributed by atoms with Crippen LogP contribution in [-0.2, 0) is 42.9 Å². The zero-order chi connectivity index (χ0) is 50.4. The fraction of sp³-hybridized carbons (Fsp3) is 0.614. The number of carboxylic acids is 1. The molecule has 0 aromatic carbocycles. The molecular formula is C57H88O12. The number of aliphatic carboxylic acids is 1. The first-order chi connectivity index (χ1) is 33.6. The second kappa shape index (κ2) is 44.6. The van der Waals surface area contributed by atoms with Crippen molar-refractivity contribution in [2.45, 2.75) is 212 Å². The molecule has 12 heteroatoms. The molecule has 12 nitrogen and oxygen atoms in total. The molecule has 1 saturated heterocycles. The summed E-state index contributed by atoms with van der Waals surface area (Å²) in [5, 5.41) is 31.3. The Morgan fingerprint density at radius 2 is 0.942 bits per heavy atom. The number of hydrogen-bond acceptors (Lipinski definition) is 11. The lowest BCUT2D eigenvalue weighted by molar-refractivity contribution is -0.301. The van der Waals surface area contributed by atoms with Gasteiger partial charge in [0.2, 0.25) is 0 Å². The third kappa shape index (κ3) is 35.2. The number of unbranched alkanes of at least 4 members (excludes halogenated alkanes) is 9. The highest BCUT2D eigenvalue weighted by Gasteiger charge is 2.50. The Kier molecular flexibility index (Phi) is 40.3. The first kappa shape index (κ1) is 62.4. The molecule has 0 spiro atoms. The maximum absolute atomic E-state index is 13.0. The Hall–Kier alpha value is -4.62. The molecule has 0 bridgehead atoms. The Bertz CT molecular complexity index is 1620. The minimum atomic E-state index is -1.94. The van der Waals surface area contributed by atoms with Crippen LogP contribution in [0.4, 0.5) is 0 Å². The zero-order valence-corrected chi connectivity index (χ0v) is 42.3. The molecule has 0 radical (unpaired) electrons. The number of carbonyl (C=O) groups is 4. The minimum absolute atomic E-state index is 0.0711. The summed E-state index contributed by atoms with van der Waals surface area (Å²) in [6, 6.07) is 0. The van der Waals surface area contributed by atoms with Gasteiger partial charge in [0.25, 0.3) is 0 Å². The lowest BCUT2D eigenvalue weighted by atomic mass is 9.98. The van der Waals surface area contributed by atoms with E-state index in [1.54, 1.807) is 0 Å². The molecule has 1 heterocycles. The number of aliphatic hydroxyl groups excluding tert-OH is 2. The first-order valence-corrected chi connectivity index (χ1v) is 25.9. The summed E-state index contributed by atoms with van der Waals surface area (Å²) in [7, 11) is 0. The van der Waals surface area contributed by atoms with Crippen molar-refractivity contribution < 1.29 is 58.2 Å². The second-order valence-electron chi connectivity index (χ2n) is 17.0. The Morgan fingerprint density at radius 3 is 1.49 bits per heavy atom. The fourth-order valence-corrected chi connectivity index (χ4v) is 6.88. The SMILES string of the molecule is CC/C=C\C/C=C\C/C=C\C/C=C\CCCCC(=O)OCC(COC1OC(C(=O)O)C(O)C(O)C1OC(=O)CC/C=C\C/C=C\C/C=C\C/C=C\CC)OC(=O)CCCCCCC/C=C\CCCC. The number of ether oxygens (including phenoxy) is 5. The molecule has 388 valence electrons. The molecule has 0 aromatic heterocycles. The molecule has 0 aliphatic carbocycles. The van der Waals surface area contributed by atoms with Gasteiger partial charge in [-0.2, -0.15) is 0 Å². The fourth-order valence-electron chi connectivity index (χ4n) is 6.88. The smallest absolute Gasteiger partial charge is 0.335 e. The Morgan fingerprint density at radius 1 is 0.493 bits per heavy atom. The van der Waals surface area contributed by atoms with Crippen LogP contribution in [0, 0.1) is 0 Å². The van der Waals surface area contributed by atoms with Crippen molar-refractivity contribution in [3.8, 4) is 0 Å². The predicted octanol–water partition coefficient (Wildman–Crippen LogP) is 12.3. The van der Waals surface area contributed by atoms with Crippen molar-refractivity contribution in [3.05, 3.63) is 109 Å². The van der Waals surface area contributed by atoms with E-state index in [-0.39, 0.29) is 25.9 Å². The van der Waals surface area contributed by atoms with Gasteiger partial charge in [-0.25, -0.2) is 4.79 Å². The largest absolute Gasteiger partial charge is 0.479 e. The van der Waals surface area contributed by atoms with Gasteiger partial charge in [-0.1, -0.05) is 162 Å². The third-order valence-electron chi connectivity index (χ3n) is 10.8. The van der Waals surface area contributed by atoms with Crippen LogP contribution >= 0.6 is 0 Å². The lowest BCUT2D eigenvalue weighted by Crippen LogP contribution is -2.61. The molecule has 1 fully saturated rings. The van der Waals surface area contributed by atoms with E-state index in [0.717, 1.165) is 96.3 Å². The Labute approximate surface area is 415 Å². The maximum Gasteiger partial charge on any atom is 0.335 e. The average Bonchev–Trinajstić information content (AvgIpc) is 3.33. The maximum atomic E-state index is 13.0. The number of carbonyl (C=O) groups excluding carboxylic acids is 3. The van der Waals surface area contributed by atoms with E-state index in [0.29, 0.717) is 25.7 Å². The van der Waals surface area contributed by atoms with Crippen LogP contribution in [0.2, 0.25) is 0 Å². The number of esters is 3. The average molecular weight is 965 g/mol. The number of allylic oxidation sites excluding steroid dienone is 18. The molecule has 3 N–H and O–H groups in total. The van der Waals surface area contributed by atoms with Gasteiger partial charge in [0, 0.05) is 19.3 Å². The van der Waals surface area contributed by atoms with E-state index < -0.39 is 67.3 Å². The van der Waals surface area contributed by atoms with E-state index in [9.17, 15) is 34.5 Å². The topological polar surface area (TPSA) is 175 Å². The number of hydrogen-bond donors (Lipinski definition) is 3. The molecule has 1 aliphatic heterocycles. The van der Waals surface area contributed by atoms with E-state index >= 15 is 0 Å². The quantitative estimate of drug-likeness (QED) is 0.0229. The van der Waals surface area contributed by atoms with E-state index in [1.807, 2.05) is 18.2 Å². The minimum Gasteiger partial charge on any atom is -0.479 e. The highest BCUT2D eigenvalue weighted by atomic mass is 16.7. The van der Waals surface area contributed by atoms with Gasteiger partial charge in [-0.05, 0) is 103 Å². The lowest BCUT2D eigenvalue weighted by Gasteiger charge is -2.40. The summed E-state index contributed by atoms with van der Waals surface area (Å²) < 4.78 is 28.1. The van der Waals surface area contributed by atoms with Gasteiger partial charge >= 0.3 is 23.9 Å². The van der Waals surface area contributed by atoms with Crippen LogP contribution in [0.15, 0.2) is 109 Å². The predicted molar refractivity (Wildman–Crippen MR) is 275 cm³/mol. The molecule has 1 rings (SSSR count). The molecule has 0 aromatic rings. The summed E-state index contributed by atoms with van der Waals surface area (Å²) in [4.78, 5) is 50.8. The number of carboxylic acid groups (broad SMARTS) is 1. The van der Waals surface area contributed by atoms with Gasteiger partial charge < -0.3 is 39.0 Å². The summed E-state index contributed by atoms with van der Waals surface area (Å²) in [6.07, 6.45) is 46.7. The van der Waals surface area contributed by atoms with Crippen molar-refractivity contribution in [2.24, 2.45) is 0 Å². The van der Waals surface area contributed by atoms with Crippen molar-refractivity contribution in [3.63, 3.8) is 0 Å². The second-order valence-corrected chi connectivity index (χ2v) is 17.0. The van der Waals surface area contributed by atoms with E-state index in [4.69, 9.17) is 23.7 Å². The third-order valence-corrected chi connectivity index (χ3v) is 10.8. The normalized spacial score (nSPS) is 19.6. The summed E-state index contributed by atoms with van der Waals surface area (Å²) >= 11 is 0. The number of aliphatic hydroxyl groups is 2.